The van der Waals surface area contributed by atoms with Crippen LogP contribution in [0.15, 0.2) is 65.6 Å². The van der Waals surface area contributed by atoms with E-state index >= 15 is 0 Å². The van der Waals surface area contributed by atoms with E-state index < -0.39 is 10.8 Å². The molecule has 0 aromatic heterocycles. The number of nitro groups is 1. The third kappa shape index (κ3) is 5.11. The second kappa shape index (κ2) is 9.20. The number of nitrogens with zero attached hydrogens (tertiary/aromatic N) is 2. The van der Waals surface area contributed by atoms with Crippen molar-refractivity contribution in [2.75, 3.05) is 13.2 Å². The second-order valence-corrected chi connectivity index (χ2v) is 7.19. The molecule has 2 aromatic carbocycles. The topological polar surface area (TPSA) is 89.8 Å². The monoisotopic (exact) mass is 410 g/mol. The SMILES string of the molecule is Cc1cccc(OCCN2C(=O)S/C(=C\C=C\c3ccccc3[N+](=O)[O-])C2=O)c1. The number of amides is 2. The van der Waals surface area contributed by atoms with Crippen LogP contribution in [0.3, 0.4) is 0 Å². The van der Waals surface area contributed by atoms with Crippen molar-refractivity contribution in [3.63, 3.8) is 0 Å². The molecule has 1 heterocycles. The number of aryl methyl sites for hydroxylation is 1. The van der Waals surface area contributed by atoms with Crippen molar-refractivity contribution in [2.24, 2.45) is 0 Å². The van der Waals surface area contributed by atoms with Gasteiger partial charge in [0.25, 0.3) is 16.8 Å². The first-order chi connectivity index (χ1) is 14.0. The summed E-state index contributed by atoms with van der Waals surface area (Å²) in [6.07, 6.45) is 4.55. The summed E-state index contributed by atoms with van der Waals surface area (Å²) in [4.78, 5) is 36.5. The van der Waals surface area contributed by atoms with Crippen LogP contribution < -0.4 is 4.74 Å². The molecule has 0 saturated carbocycles. The third-order valence-corrected chi connectivity index (χ3v) is 5.03. The first kappa shape index (κ1) is 20.3. The molecule has 7 nitrogen and oxygen atoms in total. The van der Waals surface area contributed by atoms with Gasteiger partial charge in [0.1, 0.15) is 12.4 Å². The van der Waals surface area contributed by atoms with Gasteiger partial charge in [-0.2, -0.15) is 0 Å². The molecule has 8 heteroatoms. The van der Waals surface area contributed by atoms with E-state index in [1.807, 2.05) is 31.2 Å². The number of hydrogen-bond donors (Lipinski definition) is 0. The molecule has 1 aliphatic rings. The number of benzene rings is 2. The summed E-state index contributed by atoms with van der Waals surface area (Å²) in [5, 5.41) is 10.7. The van der Waals surface area contributed by atoms with Crippen LogP contribution in [0.25, 0.3) is 6.08 Å². The van der Waals surface area contributed by atoms with Crippen LogP contribution in [0.1, 0.15) is 11.1 Å². The van der Waals surface area contributed by atoms with Crippen LogP contribution in [0.4, 0.5) is 10.5 Å². The lowest BCUT2D eigenvalue weighted by Crippen LogP contribution is -2.32. The Balaban J connectivity index is 1.62. The van der Waals surface area contributed by atoms with Gasteiger partial charge >= 0.3 is 0 Å². The number of thioether (sulfide) groups is 1. The summed E-state index contributed by atoms with van der Waals surface area (Å²) in [7, 11) is 0. The number of hydrogen-bond acceptors (Lipinski definition) is 6. The Kier molecular flexibility index (Phi) is 6.46. The lowest BCUT2D eigenvalue weighted by atomic mass is 10.1. The molecule has 3 rings (SSSR count). The minimum atomic E-state index is -0.470. The predicted molar refractivity (Wildman–Crippen MR) is 112 cm³/mol. The number of carbonyl (C=O) groups excluding carboxylic acids is 2. The summed E-state index contributed by atoms with van der Waals surface area (Å²) in [6, 6.07) is 13.8. The molecule has 0 atom stereocenters. The zero-order valence-corrected chi connectivity index (χ0v) is 16.4. The molecule has 148 valence electrons. The zero-order valence-electron chi connectivity index (χ0n) is 15.6. The Labute approximate surface area is 171 Å². The van der Waals surface area contributed by atoms with Crippen molar-refractivity contribution in [3.05, 3.63) is 86.8 Å². The fourth-order valence-corrected chi connectivity index (χ4v) is 3.52. The average molecular weight is 410 g/mol. The van der Waals surface area contributed by atoms with Crippen molar-refractivity contribution >= 4 is 34.7 Å². The van der Waals surface area contributed by atoms with E-state index in [1.165, 1.54) is 24.3 Å². The average Bonchev–Trinajstić information content (AvgIpc) is 2.96. The summed E-state index contributed by atoms with van der Waals surface area (Å²) < 4.78 is 5.60. The fraction of sp³-hybridized carbons (Fsp3) is 0.143. The minimum absolute atomic E-state index is 0.0291. The van der Waals surface area contributed by atoms with Gasteiger partial charge in [-0.05, 0) is 54.6 Å². The number of para-hydroxylation sites is 1. The quantitative estimate of drug-likeness (QED) is 0.377. The summed E-state index contributed by atoms with van der Waals surface area (Å²) >= 11 is 0.834. The van der Waals surface area contributed by atoms with Gasteiger partial charge in [-0.3, -0.25) is 24.6 Å². The predicted octanol–water partition coefficient (Wildman–Crippen LogP) is 4.57. The van der Waals surface area contributed by atoms with Crippen LogP contribution in [0, 0.1) is 17.0 Å². The molecule has 2 amide bonds. The van der Waals surface area contributed by atoms with Gasteiger partial charge in [0.05, 0.1) is 21.9 Å². The second-order valence-electron chi connectivity index (χ2n) is 6.20. The maximum atomic E-state index is 12.4. The van der Waals surface area contributed by atoms with Gasteiger partial charge < -0.3 is 4.74 Å². The molecule has 0 bridgehead atoms. The van der Waals surface area contributed by atoms with E-state index in [2.05, 4.69) is 0 Å². The van der Waals surface area contributed by atoms with Gasteiger partial charge in [0.2, 0.25) is 0 Å². The Morgan fingerprint density at radius 3 is 2.72 bits per heavy atom. The summed E-state index contributed by atoms with van der Waals surface area (Å²) in [5.41, 5.74) is 1.44. The molecular formula is C21H18N2O5S. The molecule has 2 aromatic rings. The van der Waals surface area contributed by atoms with Gasteiger partial charge in [-0.1, -0.05) is 30.3 Å². The lowest BCUT2D eigenvalue weighted by molar-refractivity contribution is -0.385. The number of nitro benzene ring substituents is 1. The van der Waals surface area contributed by atoms with Gasteiger partial charge in [0, 0.05) is 6.07 Å². The van der Waals surface area contributed by atoms with Crippen LogP contribution >= 0.6 is 11.8 Å². The Morgan fingerprint density at radius 1 is 1.17 bits per heavy atom. The molecule has 0 N–H and O–H groups in total. The maximum Gasteiger partial charge on any atom is 0.293 e. The molecule has 29 heavy (non-hydrogen) atoms. The van der Waals surface area contributed by atoms with Crippen molar-refractivity contribution < 1.29 is 19.2 Å². The van der Waals surface area contributed by atoms with E-state index in [9.17, 15) is 19.7 Å². The summed E-state index contributed by atoms with van der Waals surface area (Å²) in [5.74, 6) is 0.278. The van der Waals surface area contributed by atoms with Crippen LogP contribution in [0.2, 0.25) is 0 Å². The molecule has 0 aliphatic carbocycles. The fourth-order valence-electron chi connectivity index (χ4n) is 2.70. The first-order valence-electron chi connectivity index (χ1n) is 8.80. The van der Waals surface area contributed by atoms with E-state index in [0.717, 1.165) is 22.2 Å². The van der Waals surface area contributed by atoms with E-state index in [-0.39, 0.29) is 29.0 Å². The van der Waals surface area contributed by atoms with Gasteiger partial charge in [-0.15, -0.1) is 0 Å². The first-order valence-corrected chi connectivity index (χ1v) is 9.62. The van der Waals surface area contributed by atoms with E-state index in [0.29, 0.717) is 11.3 Å². The number of carbonyl (C=O) groups is 2. The van der Waals surface area contributed by atoms with Gasteiger partial charge in [-0.25, -0.2) is 0 Å². The molecule has 0 spiro atoms. The molecule has 1 saturated heterocycles. The molecular weight excluding hydrogens is 392 g/mol. The van der Waals surface area contributed by atoms with Crippen molar-refractivity contribution in [2.45, 2.75) is 6.92 Å². The molecule has 1 aliphatic heterocycles. The molecule has 0 unspecified atom stereocenters. The van der Waals surface area contributed by atoms with Crippen molar-refractivity contribution in [3.8, 4) is 5.75 Å². The standard InChI is InChI=1S/C21H18N2O5S/c1-15-6-4-9-17(14-15)28-13-12-22-20(24)19(29-21(22)25)11-5-8-16-7-2-3-10-18(16)23(26)27/h2-11,14H,12-13H2,1H3/b8-5+,19-11-. The van der Waals surface area contributed by atoms with Crippen LogP contribution in [-0.2, 0) is 4.79 Å². The third-order valence-electron chi connectivity index (χ3n) is 4.10. The largest absolute Gasteiger partial charge is 0.492 e. The normalized spacial score (nSPS) is 15.5. The maximum absolute atomic E-state index is 12.4. The van der Waals surface area contributed by atoms with Crippen LogP contribution in [-0.4, -0.2) is 34.1 Å². The smallest absolute Gasteiger partial charge is 0.293 e. The van der Waals surface area contributed by atoms with Crippen molar-refractivity contribution in [1.29, 1.82) is 0 Å². The number of rotatable bonds is 7. The van der Waals surface area contributed by atoms with E-state index in [1.54, 1.807) is 18.2 Å². The van der Waals surface area contributed by atoms with E-state index in [4.69, 9.17) is 4.74 Å². The number of ether oxygens (including phenoxy) is 1. The Morgan fingerprint density at radius 2 is 1.97 bits per heavy atom. The molecule has 1 fully saturated rings. The highest BCUT2D eigenvalue weighted by molar-refractivity contribution is 8.18. The Bertz CT molecular complexity index is 1020. The van der Waals surface area contributed by atoms with Crippen molar-refractivity contribution in [1.82, 2.24) is 4.90 Å². The zero-order chi connectivity index (χ0) is 20.8. The number of allylic oxidation sites excluding steroid dienone is 2. The summed E-state index contributed by atoms with van der Waals surface area (Å²) in [6.45, 7) is 2.29. The number of imide groups is 1. The highest BCUT2D eigenvalue weighted by Crippen LogP contribution is 2.30. The highest BCUT2D eigenvalue weighted by Gasteiger charge is 2.34. The highest BCUT2D eigenvalue weighted by atomic mass is 32.2. The van der Waals surface area contributed by atoms with Crippen LogP contribution in [0.5, 0.6) is 5.75 Å². The lowest BCUT2D eigenvalue weighted by Gasteiger charge is -2.13. The minimum Gasteiger partial charge on any atom is -0.492 e. The molecule has 0 radical (unpaired) electrons. The van der Waals surface area contributed by atoms with Gasteiger partial charge in [0.15, 0.2) is 0 Å². The Hall–Kier alpha value is -3.39.